The van der Waals surface area contributed by atoms with Crippen LogP contribution in [0.1, 0.15) is 18.4 Å². The smallest absolute Gasteiger partial charge is 0.227 e. The van der Waals surface area contributed by atoms with E-state index in [0.29, 0.717) is 61.3 Å². The van der Waals surface area contributed by atoms with E-state index in [1.807, 2.05) is 0 Å². The number of carbonyl (C=O) groups is 1. The molecule has 0 saturated carbocycles. The standard InChI is InChI=1S/C17H22Cl2N2O4S/c18-15-4-3-14(16(19)10-15)12-26(23,24)21-5-1-2-13(11-21)17(22)20-6-8-25-9-7-20/h3-4,10,13H,1-2,5-9,11-12H2/t13-/m1/s1. The molecule has 0 spiro atoms. The van der Waals surface area contributed by atoms with Gasteiger partial charge in [0.1, 0.15) is 0 Å². The number of piperidine rings is 1. The largest absolute Gasteiger partial charge is 0.378 e. The summed E-state index contributed by atoms with van der Waals surface area (Å²) < 4.78 is 32.3. The number of morpholine rings is 1. The lowest BCUT2D eigenvalue weighted by molar-refractivity contribution is -0.140. The first-order chi connectivity index (χ1) is 12.4. The lowest BCUT2D eigenvalue weighted by Gasteiger charge is -2.35. The first kappa shape index (κ1) is 19.9. The SMILES string of the molecule is O=C([C@@H]1CCCN(S(=O)(=O)Cc2ccc(Cl)cc2Cl)C1)N1CCOCC1. The molecular weight excluding hydrogens is 399 g/mol. The van der Waals surface area contributed by atoms with Crippen molar-refractivity contribution in [1.29, 1.82) is 0 Å². The zero-order chi connectivity index (χ0) is 18.7. The van der Waals surface area contributed by atoms with Crippen LogP contribution >= 0.6 is 23.2 Å². The molecule has 0 aromatic heterocycles. The molecule has 2 fully saturated rings. The highest BCUT2D eigenvalue weighted by Crippen LogP contribution is 2.27. The van der Waals surface area contributed by atoms with Crippen LogP contribution in [-0.2, 0) is 25.3 Å². The minimum Gasteiger partial charge on any atom is -0.378 e. The van der Waals surface area contributed by atoms with Gasteiger partial charge >= 0.3 is 0 Å². The summed E-state index contributed by atoms with van der Waals surface area (Å²) in [4.78, 5) is 14.5. The summed E-state index contributed by atoms with van der Waals surface area (Å²) in [6, 6.07) is 4.79. The van der Waals surface area contributed by atoms with E-state index in [1.54, 1.807) is 17.0 Å². The Morgan fingerprint density at radius 2 is 1.92 bits per heavy atom. The van der Waals surface area contributed by atoms with Crippen molar-refractivity contribution >= 4 is 39.1 Å². The van der Waals surface area contributed by atoms with Gasteiger partial charge in [0.05, 0.1) is 24.9 Å². The molecule has 1 aromatic rings. The second-order valence-corrected chi connectivity index (χ2v) is 9.44. The number of hydrogen-bond acceptors (Lipinski definition) is 4. The van der Waals surface area contributed by atoms with E-state index < -0.39 is 10.0 Å². The van der Waals surface area contributed by atoms with Gasteiger partial charge in [-0.15, -0.1) is 0 Å². The third-order valence-corrected chi connectivity index (χ3v) is 7.18. The number of benzene rings is 1. The van der Waals surface area contributed by atoms with E-state index in [2.05, 4.69) is 0 Å². The van der Waals surface area contributed by atoms with E-state index in [0.717, 1.165) is 0 Å². The number of halogens is 2. The van der Waals surface area contributed by atoms with Gasteiger partial charge in [-0.25, -0.2) is 12.7 Å². The average molecular weight is 421 g/mol. The minimum absolute atomic E-state index is 0.0257. The molecule has 2 saturated heterocycles. The van der Waals surface area contributed by atoms with Crippen LogP contribution in [0, 0.1) is 5.92 Å². The summed E-state index contributed by atoms with van der Waals surface area (Å²) in [5.74, 6) is -0.461. The molecule has 0 aliphatic carbocycles. The molecule has 144 valence electrons. The maximum atomic E-state index is 12.8. The number of ether oxygens (including phenoxy) is 1. The van der Waals surface area contributed by atoms with Crippen LogP contribution in [-0.4, -0.2) is 62.9 Å². The first-order valence-electron chi connectivity index (χ1n) is 8.65. The topological polar surface area (TPSA) is 66.9 Å². The Hall–Kier alpha value is -0.860. The molecule has 9 heteroatoms. The van der Waals surface area contributed by atoms with Crippen molar-refractivity contribution in [3.05, 3.63) is 33.8 Å². The highest BCUT2D eigenvalue weighted by Gasteiger charge is 2.34. The predicted molar refractivity (Wildman–Crippen MR) is 101 cm³/mol. The number of hydrogen-bond donors (Lipinski definition) is 0. The van der Waals surface area contributed by atoms with Crippen LogP contribution in [0.3, 0.4) is 0 Å². The molecule has 1 aromatic carbocycles. The van der Waals surface area contributed by atoms with Crippen molar-refractivity contribution < 1.29 is 17.9 Å². The lowest BCUT2D eigenvalue weighted by atomic mass is 9.98. The summed E-state index contributed by atoms with van der Waals surface area (Å²) in [7, 11) is -3.56. The first-order valence-corrected chi connectivity index (χ1v) is 11.0. The highest BCUT2D eigenvalue weighted by atomic mass is 35.5. The summed E-state index contributed by atoms with van der Waals surface area (Å²) >= 11 is 12.0. The number of sulfonamides is 1. The zero-order valence-electron chi connectivity index (χ0n) is 14.4. The van der Waals surface area contributed by atoms with Gasteiger partial charge in [-0.05, 0) is 30.5 Å². The quantitative estimate of drug-likeness (QED) is 0.749. The molecule has 0 unspecified atom stereocenters. The van der Waals surface area contributed by atoms with E-state index in [1.165, 1.54) is 10.4 Å². The van der Waals surface area contributed by atoms with E-state index >= 15 is 0 Å². The molecular formula is C17H22Cl2N2O4S. The Kier molecular flexibility index (Phi) is 6.45. The fraction of sp³-hybridized carbons (Fsp3) is 0.588. The van der Waals surface area contributed by atoms with Gasteiger partial charge in [0.25, 0.3) is 0 Å². The van der Waals surface area contributed by atoms with Gasteiger partial charge in [-0.3, -0.25) is 4.79 Å². The van der Waals surface area contributed by atoms with Crippen LogP contribution in [0.15, 0.2) is 18.2 Å². The van der Waals surface area contributed by atoms with Gasteiger partial charge < -0.3 is 9.64 Å². The van der Waals surface area contributed by atoms with E-state index in [4.69, 9.17) is 27.9 Å². The summed E-state index contributed by atoms with van der Waals surface area (Å²) in [5, 5.41) is 0.796. The maximum Gasteiger partial charge on any atom is 0.227 e. The second kappa shape index (κ2) is 8.44. The van der Waals surface area contributed by atoms with Crippen LogP contribution in [0.4, 0.5) is 0 Å². The Morgan fingerprint density at radius 1 is 1.19 bits per heavy atom. The second-order valence-electron chi connectivity index (χ2n) is 6.63. The van der Waals surface area contributed by atoms with Crippen molar-refractivity contribution in [3.8, 4) is 0 Å². The Balaban J connectivity index is 1.68. The predicted octanol–water partition coefficient (Wildman–Crippen LogP) is 2.39. The van der Waals surface area contributed by atoms with Gasteiger partial charge in [0, 0.05) is 36.2 Å². The molecule has 1 amide bonds. The van der Waals surface area contributed by atoms with Gasteiger partial charge in [-0.1, -0.05) is 29.3 Å². The third kappa shape index (κ3) is 4.70. The molecule has 6 nitrogen and oxygen atoms in total. The minimum atomic E-state index is -3.56. The number of nitrogens with zero attached hydrogens (tertiary/aromatic N) is 2. The number of amides is 1. The molecule has 3 rings (SSSR count). The molecule has 0 radical (unpaired) electrons. The molecule has 0 bridgehead atoms. The van der Waals surface area contributed by atoms with Gasteiger partial charge in [0.2, 0.25) is 15.9 Å². The van der Waals surface area contributed by atoms with E-state index in [9.17, 15) is 13.2 Å². The summed E-state index contributed by atoms with van der Waals surface area (Å²) in [6.45, 7) is 2.88. The van der Waals surface area contributed by atoms with E-state index in [-0.39, 0.29) is 24.1 Å². The fourth-order valence-corrected chi connectivity index (χ4v) is 5.56. The van der Waals surface area contributed by atoms with Crippen molar-refractivity contribution in [2.45, 2.75) is 18.6 Å². The molecule has 26 heavy (non-hydrogen) atoms. The maximum absolute atomic E-state index is 12.8. The molecule has 0 N–H and O–H groups in total. The van der Waals surface area contributed by atoms with Crippen molar-refractivity contribution in [2.24, 2.45) is 5.92 Å². The van der Waals surface area contributed by atoms with Crippen LogP contribution in [0.5, 0.6) is 0 Å². The Morgan fingerprint density at radius 3 is 2.62 bits per heavy atom. The van der Waals surface area contributed by atoms with Crippen LogP contribution in [0.25, 0.3) is 0 Å². The highest BCUT2D eigenvalue weighted by molar-refractivity contribution is 7.88. The Bertz CT molecular complexity index is 766. The monoisotopic (exact) mass is 420 g/mol. The van der Waals surface area contributed by atoms with Crippen LogP contribution < -0.4 is 0 Å². The Labute approximate surface area is 164 Å². The summed E-state index contributed by atoms with van der Waals surface area (Å²) in [5.41, 5.74) is 0.512. The molecule has 2 aliphatic heterocycles. The number of rotatable bonds is 4. The summed E-state index contributed by atoms with van der Waals surface area (Å²) in [6.07, 6.45) is 1.39. The average Bonchev–Trinajstić information content (AvgIpc) is 2.64. The van der Waals surface area contributed by atoms with Gasteiger partial charge in [0.15, 0.2) is 0 Å². The molecule has 2 heterocycles. The molecule has 2 aliphatic rings. The fourth-order valence-electron chi connectivity index (χ4n) is 3.37. The zero-order valence-corrected chi connectivity index (χ0v) is 16.7. The molecule has 1 atom stereocenters. The van der Waals surface area contributed by atoms with Crippen molar-refractivity contribution in [3.63, 3.8) is 0 Å². The van der Waals surface area contributed by atoms with Crippen molar-refractivity contribution in [1.82, 2.24) is 9.21 Å². The van der Waals surface area contributed by atoms with Gasteiger partial charge in [-0.2, -0.15) is 0 Å². The number of carbonyl (C=O) groups excluding carboxylic acids is 1. The lowest BCUT2D eigenvalue weighted by Crippen LogP contribution is -2.49. The normalized spacial score (nSPS) is 22.4. The van der Waals surface area contributed by atoms with Crippen molar-refractivity contribution in [2.75, 3.05) is 39.4 Å². The third-order valence-electron chi connectivity index (χ3n) is 4.80. The van der Waals surface area contributed by atoms with Crippen LogP contribution in [0.2, 0.25) is 10.0 Å².